The van der Waals surface area contributed by atoms with Crippen molar-refractivity contribution in [3.63, 3.8) is 0 Å². The summed E-state index contributed by atoms with van der Waals surface area (Å²) in [6.07, 6.45) is 0.132. The highest BCUT2D eigenvalue weighted by Crippen LogP contribution is 2.18. The maximum atomic E-state index is 12.2. The van der Waals surface area contributed by atoms with Crippen LogP contribution >= 0.6 is 0 Å². The molecule has 0 radical (unpaired) electrons. The van der Waals surface area contributed by atoms with E-state index < -0.39 is 12.8 Å². The minimum Gasteiger partial charge on any atom is -0.468 e. The van der Waals surface area contributed by atoms with Gasteiger partial charge in [0.05, 0.1) is 18.1 Å². The van der Waals surface area contributed by atoms with E-state index in [2.05, 4.69) is 30.1 Å². The van der Waals surface area contributed by atoms with Gasteiger partial charge in [-0.25, -0.2) is 14.6 Å². The van der Waals surface area contributed by atoms with Crippen molar-refractivity contribution < 1.29 is 17.9 Å². The van der Waals surface area contributed by atoms with Crippen LogP contribution in [0, 0.1) is 13.8 Å². The first-order valence-electron chi connectivity index (χ1n) is 8.04. The molecule has 0 spiro atoms. The van der Waals surface area contributed by atoms with Crippen LogP contribution in [-0.2, 0) is 6.54 Å². The topological polar surface area (TPSA) is 77.8 Å². The Bertz CT molecular complexity index is 925. The summed E-state index contributed by atoms with van der Waals surface area (Å²) in [5.74, 6) is 0.984. The standard InChI is InChI=1S/C17H17F3N6O/c1-11-5-12(2)26(25-11)15-9-21-8-14(24-15)23-7-13-3-4-22-16(6-13)27-10-17(18,19)20/h3-6,8-9H,7,10H2,1-2H3,(H,23,24). The number of ether oxygens (including phenoxy) is 1. The molecule has 1 N–H and O–H groups in total. The Morgan fingerprint density at radius 2 is 2.00 bits per heavy atom. The summed E-state index contributed by atoms with van der Waals surface area (Å²) in [5, 5.41) is 7.44. The lowest BCUT2D eigenvalue weighted by molar-refractivity contribution is -0.154. The van der Waals surface area contributed by atoms with E-state index >= 15 is 0 Å². The highest BCUT2D eigenvalue weighted by Gasteiger charge is 2.28. The van der Waals surface area contributed by atoms with Crippen molar-refractivity contribution in [3.8, 4) is 11.7 Å². The summed E-state index contributed by atoms with van der Waals surface area (Å²) in [4.78, 5) is 12.4. The summed E-state index contributed by atoms with van der Waals surface area (Å²) >= 11 is 0. The number of nitrogens with one attached hydrogen (secondary N) is 1. The second kappa shape index (κ2) is 7.60. The van der Waals surface area contributed by atoms with Gasteiger partial charge in [-0.05, 0) is 31.5 Å². The third-order valence-corrected chi connectivity index (χ3v) is 3.51. The number of aromatic nitrogens is 5. The van der Waals surface area contributed by atoms with Gasteiger partial charge in [-0.3, -0.25) is 4.98 Å². The van der Waals surface area contributed by atoms with Crippen LogP contribution in [0.1, 0.15) is 17.0 Å². The van der Waals surface area contributed by atoms with Crippen LogP contribution in [0.3, 0.4) is 0 Å². The van der Waals surface area contributed by atoms with Crippen molar-refractivity contribution in [1.82, 2.24) is 24.7 Å². The van der Waals surface area contributed by atoms with Crippen molar-refractivity contribution >= 4 is 5.82 Å². The van der Waals surface area contributed by atoms with Gasteiger partial charge in [-0.1, -0.05) is 0 Å². The molecule has 27 heavy (non-hydrogen) atoms. The van der Waals surface area contributed by atoms with E-state index in [1.54, 1.807) is 23.1 Å². The molecule has 3 rings (SSSR count). The zero-order valence-corrected chi connectivity index (χ0v) is 14.7. The van der Waals surface area contributed by atoms with Gasteiger partial charge in [0.15, 0.2) is 12.4 Å². The summed E-state index contributed by atoms with van der Waals surface area (Å²) in [6, 6.07) is 5.05. The molecule has 0 saturated carbocycles. The molecule has 0 bridgehead atoms. The van der Waals surface area contributed by atoms with Crippen LogP contribution in [0.2, 0.25) is 0 Å². The van der Waals surface area contributed by atoms with Gasteiger partial charge in [0.25, 0.3) is 0 Å². The lowest BCUT2D eigenvalue weighted by Crippen LogP contribution is -2.19. The predicted octanol–water partition coefficient (Wildman–Crippen LogP) is 3.23. The number of hydrogen-bond donors (Lipinski definition) is 1. The van der Waals surface area contributed by atoms with E-state index in [-0.39, 0.29) is 5.88 Å². The number of hydrogen-bond acceptors (Lipinski definition) is 6. The number of alkyl halides is 3. The Morgan fingerprint density at radius 1 is 1.19 bits per heavy atom. The van der Waals surface area contributed by atoms with Gasteiger partial charge in [0, 0.05) is 24.5 Å². The number of pyridine rings is 1. The van der Waals surface area contributed by atoms with Crippen molar-refractivity contribution in [2.75, 3.05) is 11.9 Å². The zero-order chi connectivity index (χ0) is 19.4. The van der Waals surface area contributed by atoms with Crippen molar-refractivity contribution in [2.24, 2.45) is 0 Å². The van der Waals surface area contributed by atoms with E-state index in [1.165, 1.54) is 12.3 Å². The smallest absolute Gasteiger partial charge is 0.422 e. The Balaban J connectivity index is 1.67. The zero-order valence-electron chi connectivity index (χ0n) is 14.7. The highest BCUT2D eigenvalue weighted by atomic mass is 19.4. The van der Waals surface area contributed by atoms with Crippen LogP contribution in [0.4, 0.5) is 19.0 Å². The van der Waals surface area contributed by atoms with Crippen LogP contribution in [0.5, 0.6) is 5.88 Å². The number of halogens is 3. The fraction of sp³-hybridized carbons (Fsp3) is 0.294. The van der Waals surface area contributed by atoms with E-state index in [9.17, 15) is 13.2 Å². The molecule has 0 aliphatic heterocycles. The van der Waals surface area contributed by atoms with Crippen LogP contribution < -0.4 is 10.1 Å². The van der Waals surface area contributed by atoms with Crippen LogP contribution in [-0.4, -0.2) is 37.5 Å². The second-order valence-electron chi connectivity index (χ2n) is 5.86. The highest BCUT2D eigenvalue weighted by molar-refractivity contribution is 5.38. The van der Waals surface area contributed by atoms with Crippen molar-refractivity contribution in [3.05, 3.63) is 53.7 Å². The largest absolute Gasteiger partial charge is 0.468 e. The molecular weight excluding hydrogens is 361 g/mol. The third kappa shape index (κ3) is 5.16. The van der Waals surface area contributed by atoms with Crippen molar-refractivity contribution in [2.45, 2.75) is 26.6 Å². The molecule has 0 amide bonds. The minimum atomic E-state index is -4.41. The van der Waals surface area contributed by atoms with E-state index in [0.717, 1.165) is 11.4 Å². The third-order valence-electron chi connectivity index (χ3n) is 3.51. The van der Waals surface area contributed by atoms with Gasteiger partial charge in [0.1, 0.15) is 5.82 Å². The second-order valence-corrected chi connectivity index (χ2v) is 5.86. The number of rotatable bonds is 6. The molecule has 3 heterocycles. The molecule has 3 aromatic rings. The molecule has 7 nitrogen and oxygen atoms in total. The molecule has 0 aliphatic carbocycles. The quantitative estimate of drug-likeness (QED) is 0.710. The lowest BCUT2D eigenvalue weighted by atomic mass is 10.2. The SMILES string of the molecule is Cc1cc(C)n(-c2cncc(NCc3ccnc(OCC(F)(F)F)c3)n2)n1. The number of aryl methyl sites for hydroxylation is 2. The normalized spacial score (nSPS) is 11.4. The molecule has 0 fully saturated rings. The molecule has 0 unspecified atom stereocenters. The molecule has 3 aromatic heterocycles. The van der Waals surface area contributed by atoms with E-state index in [0.29, 0.717) is 23.7 Å². The fourth-order valence-corrected chi connectivity index (χ4v) is 2.39. The first-order chi connectivity index (χ1) is 12.8. The van der Waals surface area contributed by atoms with E-state index in [4.69, 9.17) is 0 Å². The summed E-state index contributed by atoms with van der Waals surface area (Å²) < 4.78 is 43.0. The molecule has 0 atom stereocenters. The first kappa shape index (κ1) is 18.6. The Labute approximate surface area is 153 Å². The van der Waals surface area contributed by atoms with E-state index in [1.807, 2.05) is 19.9 Å². The summed E-state index contributed by atoms with van der Waals surface area (Å²) in [7, 11) is 0. The number of anilines is 1. The van der Waals surface area contributed by atoms with Gasteiger partial charge < -0.3 is 10.1 Å². The molecular formula is C17H17F3N6O. The molecule has 0 saturated heterocycles. The van der Waals surface area contributed by atoms with Gasteiger partial charge >= 0.3 is 6.18 Å². The Morgan fingerprint density at radius 3 is 2.70 bits per heavy atom. The van der Waals surface area contributed by atoms with Crippen molar-refractivity contribution in [1.29, 1.82) is 0 Å². The molecule has 142 valence electrons. The van der Waals surface area contributed by atoms with Crippen LogP contribution in [0.25, 0.3) is 5.82 Å². The average molecular weight is 378 g/mol. The monoisotopic (exact) mass is 378 g/mol. The Kier molecular flexibility index (Phi) is 5.24. The Hall–Kier alpha value is -3.17. The number of nitrogens with zero attached hydrogens (tertiary/aromatic N) is 5. The van der Waals surface area contributed by atoms with Gasteiger partial charge in [0.2, 0.25) is 5.88 Å². The van der Waals surface area contributed by atoms with Gasteiger partial charge in [-0.2, -0.15) is 18.3 Å². The first-order valence-corrected chi connectivity index (χ1v) is 8.04. The fourth-order valence-electron chi connectivity index (χ4n) is 2.39. The average Bonchev–Trinajstić information content (AvgIpc) is 2.97. The molecule has 0 aromatic carbocycles. The maximum absolute atomic E-state index is 12.2. The maximum Gasteiger partial charge on any atom is 0.422 e. The minimum absolute atomic E-state index is 0.0888. The lowest BCUT2D eigenvalue weighted by Gasteiger charge is -2.10. The molecule has 10 heteroatoms. The van der Waals surface area contributed by atoms with Crippen LogP contribution in [0.15, 0.2) is 36.8 Å². The predicted molar refractivity (Wildman–Crippen MR) is 91.7 cm³/mol. The summed E-state index contributed by atoms with van der Waals surface area (Å²) in [5.41, 5.74) is 2.50. The van der Waals surface area contributed by atoms with Gasteiger partial charge in [-0.15, -0.1) is 0 Å². The molecule has 0 aliphatic rings. The summed E-state index contributed by atoms with van der Waals surface area (Å²) in [6.45, 7) is 2.75.